The number of carbonyl (C=O) groups excluding carboxylic acids is 1. The van der Waals surface area contributed by atoms with Crippen LogP contribution in [0.4, 0.5) is 0 Å². The first kappa shape index (κ1) is 17.2. The molecule has 130 valence electrons. The highest BCUT2D eigenvalue weighted by Gasteiger charge is 2.17. The largest absolute Gasteiger partial charge is 0.350 e. The van der Waals surface area contributed by atoms with Crippen molar-refractivity contribution in [2.24, 2.45) is 7.05 Å². The summed E-state index contributed by atoms with van der Waals surface area (Å²) in [5.74, 6) is 0.230. The van der Waals surface area contributed by atoms with Crippen molar-refractivity contribution in [3.05, 3.63) is 71.9 Å². The van der Waals surface area contributed by atoms with Crippen LogP contribution in [0.2, 0.25) is 0 Å². The molecular formula is C21H25N3O. The normalized spacial score (nSPS) is 12.5. The Balaban J connectivity index is 1.75. The summed E-state index contributed by atoms with van der Waals surface area (Å²) < 4.78 is 1.95. The molecule has 0 aliphatic rings. The number of hydrogen-bond acceptors (Lipinski definition) is 2. The summed E-state index contributed by atoms with van der Waals surface area (Å²) in [7, 11) is 6.05. The van der Waals surface area contributed by atoms with Crippen molar-refractivity contribution >= 4 is 16.8 Å². The number of fused-ring (bicyclic) bond motifs is 1. The second-order valence-corrected chi connectivity index (χ2v) is 6.73. The van der Waals surface area contributed by atoms with Crippen LogP contribution in [0.3, 0.4) is 0 Å². The van der Waals surface area contributed by atoms with Gasteiger partial charge in [0.25, 0.3) is 5.91 Å². The van der Waals surface area contributed by atoms with E-state index in [0.717, 1.165) is 17.4 Å². The van der Waals surface area contributed by atoms with Gasteiger partial charge in [-0.3, -0.25) is 4.79 Å². The molecule has 1 atom stereocenters. The zero-order chi connectivity index (χ0) is 17.8. The number of hydrogen-bond donors (Lipinski definition) is 1. The number of aromatic nitrogens is 1. The van der Waals surface area contributed by atoms with E-state index >= 15 is 0 Å². The van der Waals surface area contributed by atoms with Crippen molar-refractivity contribution in [1.29, 1.82) is 0 Å². The Morgan fingerprint density at radius 1 is 1.08 bits per heavy atom. The van der Waals surface area contributed by atoms with Gasteiger partial charge in [-0.2, -0.15) is 0 Å². The average Bonchev–Trinajstić information content (AvgIpc) is 2.96. The molecule has 2 aromatic carbocycles. The summed E-state index contributed by atoms with van der Waals surface area (Å²) in [6.07, 6.45) is 0. The zero-order valence-electron chi connectivity index (χ0n) is 15.1. The Labute approximate surface area is 149 Å². The topological polar surface area (TPSA) is 37.3 Å². The van der Waals surface area contributed by atoms with Crippen LogP contribution in [0.15, 0.2) is 60.7 Å². The van der Waals surface area contributed by atoms with E-state index in [0.29, 0.717) is 12.2 Å². The first-order valence-corrected chi connectivity index (χ1v) is 8.58. The molecular weight excluding hydrogens is 310 g/mol. The molecule has 4 nitrogen and oxygen atoms in total. The molecule has 0 saturated carbocycles. The maximum Gasteiger partial charge on any atom is 0.267 e. The van der Waals surface area contributed by atoms with E-state index < -0.39 is 0 Å². The molecule has 0 aliphatic heterocycles. The van der Waals surface area contributed by atoms with Gasteiger partial charge in [-0.25, -0.2) is 0 Å². The number of nitrogens with zero attached hydrogens (tertiary/aromatic N) is 2. The van der Waals surface area contributed by atoms with E-state index in [9.17, 15) is 4.79 Å². The molecule has 0 saturated heterocycles. The number of rotatable bonds is 6. The molecule has 0 fully saturated rings. The van der Waals surface area contributed by atoms with Crippen LogP contribution in [0.1, 0.15) is 22.0 Å². The predicted octanol–water partition coefficient (Wildman–Crippen LogP) is 3.25. The minimum atomic E-state index is -0.0293. The number of likely N-dealkylation sites (N-methyl/N-ethyl adjacent to an activating group) is 1. The number of aryl methyl sites for hydroxylation is 1. The summed E-state index contributed by atoms with van der Waals surface area (Å²) >= 11 is 0. The van der Waals surface area contributed by atoms with E-state index in [1.807, 2.05) is 60.1 Å². The zero-order valence-corrected chi connectivity index (χ0v) is 15.1. The van der Waals surface area contributed by atoms with Crippen LogP contribution in [0.5, 0.6) is 0 Å². The molecule has 3 aromatic rings. The summed E-state index contributed by atoms with van der Waals surface area (Å²) in [5.41, 5.74) is 3.01. The standard InChI is InChI=1S/C21H25N3O/c1-23(2)15-18(16-9-5-4-6-10-16)14-22-21(25)20-13-17-11-7-8-12-19(17)24(20)3/h4-13,18H,14-15H2,1-3H3,(H,22,25)/t18-/m0/s1. The lowest BCUT2D eigenvalue weighted by Crippen LogP contribution is -2.33. The van der Waals surface area contributed by atoms with Crippen molar-refractivity contribution in [2.75, 3.05) is 27.2 Å². The lowest BCUT2D eigenvalue weighted by atomic mass is 9.98. The minimum Gasteiger partial charge on any atom is -0.350 e. The summed E-state index contributed by atoms with van der Waals surface area (Å²) in [5, 5.41) is 4.20. The Kier molecular flexibility index (Phi) is 5.19. The van der Waals surface area contributed by atoms with Crippen LogP contribution in [0.25, 0.3) is 10.9 Å². The van der Waals surface area contributed by atoms with Crippen LogP contribution in [-0.2, 0) is 7.05 Å². The Bertz CT molecular complexity index is 852. The van der Waals surface area contributed by atoms with Gasteiger partial charge in [0.15, 0.2) is 0 Å². The fourth-order valence-electron chi connectivity index (χ4n) is 3.27. The maximum absolute atomic E-state index is 12.7. The summed E-state index contributed by atoms with van der Waals surface area (Å²) in [6.45, 7) is 1.50. The number of amides is 1. The van der Waals surface area contributed by atoms with E-state index in [4.69, 9.17) is 0 Å². The maximum atomic E-state index is 12.7. The molecule has 1 amide bonds. The van der Waals surface area contributed by atoms with Crippen molar-refractivity contribution in [2.45, 2.75) is 5.92 Å². The molecule has 3 rings (SSSR count). The SMILES string of the molecule is CN(C)C[C@H](CNC(=O)c1cc2ccccc2n1C)c1ccccc1. The second kappa shape index (κ2) is 7.53. The number of benzene rings is 2. The predicted molar refractivity (Wildman–Crippen MR) is 103 cm³/mol. The quantitative estimate of drug-likeness (QED) is 0.751. The van der Waals surface area contributed by atoms with Gasteiger partial charge in [-0.05, 0) is 31.8 Å². The Morgan fingerprint density at radius 2 is 1.76 bits per heavy atom. The second-order valence-electron chi connectivity index (χ2n) is 6.73. The van der Waals surface area contributed by atoms with Gasteiger partial charge in [0.05, 0.1) is 0 Å². The van der Waals surface area contributed by atoms with E-state index in [1.165, 1.54) is 5.56 Å². The third kappa shape index (κ3) is 3.91. The minimum absolute atomic E-state index is 0.0293. The van der Waals surface area contributed by atoms with Gasteiger partial charge in [-0.1, -0.05) is 48.5 Å². The van der Waals surface area contributed by atoms with Crippen LogP contribution in [-0.4, -0.2) is 42.6 Å². The molecule has 0 spiro atoms. The summed E-state index contributed by atoms with van der Waals surface area (Å²) in [4.78, 5) is 14.9. The Morgan fingerprint density at radius 3 is 2.44 bits per heavy atom. The molecule has 0 aliphatic carbocycles. The smallest absolute Gasteiger partial charge is 0.267 e. The number of para-hydroxylation sites is 1. The van der Waals surface area contributed by atoms with Crippen LogP contribution >= 0.6 is 0 Å². The molecule has 4 heteroatoms. The van der Waals surface area contributed by atoms with Crippen molar-refractivity contribution in [3.63, 3.8) is 0 Å². The average molecular weight is 335 g/mol. The fraction of sp³-hybridized carbons (Fsp3) is 0.286. The summed E-state index contributed by atoms with van der Waals surface area (Å²) in [6, 6.07) is 20.4. The highest BCUT2D eigenvalue weighted by atomic mass is 16.1. The third-order valence-electron chi connectivity index (χ3n) is 4.55. The highest BCUT2D eigenvalue weighted by Crippen LogP contribution is 2.19. The van der Waals surface area contributed by atoms with Crippen molar-refractivity contribution in [3.8, 4) is 0 Å². The van der Waals surface area contributed by atoms with E-state index in [1.54, 1.807) is 0 Å². The van der Waals surface area contributed by atoms with Gasteiger partial charge in [0.2, 0.25) is 0 Å². The van der Waals surface area contributed by atoms with Gasteiger partial charge in [0.1, 0.15) is 5.69 Å². The number of nitrogens with one attached hydrogen (secondary N) is 1. The Hall–Kier alpha value is -2.59. The molecule has 25 heavy (non-hydrogen) atoms. The lowest BCUT2D eigenvalue weighted by Gasteiger charge is -2.22. The van der Waals surface area contributed by atoms with Gasteiger partial charge < -0.3 is 14.8 Å². The molecule has 0 unspecified atom stereocenters. The van der Waals surface area contributed by atoms with Crippen LogP contribution in [0, 0.1) is 0 Å². The fourth-order valence-corrected chi connectivity index (χ4v) is 3.27. The molecule has 0 radical (unpaired) electrons. The van der Waals surface area contributed by atoms with Crippen LogP contribution < -0.4 is 5.32 Å². The van der Waals surface area contributed by atoms with E-state index in [2.05, 4.69) is 36.4 Å². The third-order valence-corrected chi connectivity index (χ3v) is 4.55. The lowest BCUT2D eigenvalue weighted by molar-refractivity contribution is 0.0942. The van der Waals surface area contributed by atoms with Gasteiger partial charge in [0, 0.05) is 37.0 Å². The van der Waals surface area contributed by atoms with Crippen molar-refractivity contribution < 1.29 is 4.79 Å². The van der Waals surface area contributed by atoms with Gasteiger partial charge >= 0.3 is 0 Å². The highest BCUT2D eigenvalue weighted by molar-refractivity contribution is 5.98. The molecule has 0 bridgehead atoms. The first-order chi connectivity index (χ1) is 12.1. The van der Waals surface area contributed by atoms with E-state index in [-0.39, 0.29) is 11.8 Å². The first-order valence-electron chi connectivity index (χ1n) is 8.58. The van der Waals surface area contributed by atoms with Crippen molar-refractivity contribution in [1.82, 2.24) is 14.8 Å². The molecule has 1 N–H and O–H groups in total. The number of carbonyl (C=O) groups is 1. The van der Waals surface area contributed by atoms with Gasteiger partial charge in [-0.15, -0.1) is 0 Å². The monoisotopic (exact) mass is 335 g/mol. The molecule has 1 aromatic heterocycles. The molecule has 1 heterocycles.